The van der Waals surface area contributed by atoms with Crippen LogP contribution in [0.15, 0.2) is 12.1 Å². The Bertz CT molecular complexity index is 643. The van der Waals surface area contributed by atoms with Crippen LogP contribution in [0.25, 0.3) is 0 Å². The predicted molar refractivity (Wildman–Crippen MR) is 82.6 cm³/mol. The molecule has 1 aliphatic carbocycles. The van der Waals surface area contributed by atoms with Crippen LogP contribution in [-0.2, 0) is 9.31 Å². The molecule has 1 aromatic carbocycles. The number of nitrogens with one attached hydrogen (secondary N) is 1. The molecule has 1 N–H and O–H groups in total. The summed E-state index contributed by atoms with van der Waals surface area (Å²) in [5.41, 5.74) is -1.63. The van der Waals surface area contributed by atoms with Gasteiger partial charge in [-0.15, -0.1) is 0 Å². The van der Waals surface area contributed by atoms with Crippen molar-refractivity contribution in [1.29, 1.82) is 0 Å². The molecule has 0 spiro atoms. The average Bonchev–Trinajstić information content (AvgIpc) is 3.20. The van der Waals surface area contributed by atoms with E-state index in [-0.39, 0.29) is 17.1 Å². The van der Waals surface area contributed by atoms with Crippen molar-refractivity contribution in [3.8, 4) is 0 Å². The van der Waals surface area contributed by atoms with Gasteiger partial charge < -0.3 is 14.6 Å². The molecular formula is C16H20BF2NO3. The molecule has 0 atom stereocenters. The Hall–Kier alpha value is -1.47. The smallest absolute Gasteiger partial charge is 0.399 e. The van der Waals surface area contributed by atoms with Crippen LogP contribution in [0.1, 0.15) is 50.9 Å². The topological polar surface area (TPSA) is 47.6 Å². The largest absolute Gasteiger partial charge is 0.497 e. The van der Waals surface area contributed by atoms with Crippen LogP contribution in [0, 0.1) is 11.6 Å². The lowest BCUT2D eigenvalue weighted by Gasteiger charge is -2.32. The molecule has 2 fully saturated rings. The lowest BCUT2D eigenvalue weighted by Crippen LogP contribution is -2.41. The Morgan fingerprint density at radius 3 is 2.22 bits per heavy atom. The number of benzene rings is 1. The van der Waals surface area contributed by atoms with Gasteiger partial charge >= 0.3 is 7.12 Å². The molecule has 2 aliphatic rings. The second-order valence-electron chi connectivity index (χ2n) is 7.17. The standard InChI is InChI=1S/C16H20BF2NO3/c1-15(2)16(3,4)23-17(22-15)11-8-7-10(12(18)13(11)19)14(21)20-9-5-6-9/h7-9H,5-6H2,1-4H3,(H,20,21). The van der Waals surface area contributed by atoms with Gasteiger partial charge in [-0.05, 0) is 46.6 Å². The predicted octanol–water partition coefficient (Wildman–Crippen LogP) is 2.16. The monoisotopic (exact) mass is 323 g/mol. The van der Waals surface area contributed by atoms with E-state index in [2.05, 4.69) is 5.32 Å². The van der Waals surface area contributed by atoms with Gasteiger partial charge in [-0.1, -0.05) is 6.07 Å². The number of hydrogen-bond acceptors (Lipinski definition) is 3. The minimum atomic E-state index is -1.17. The van der Waals surface area contributed by atoms with Gasteiger partial charge in [0.25, 0.3) is 5.91 Å². The van der Waals surface area contributed by atoms with E-state index in [1.807, 2.05) is 27.7 Å². The Labute approximate surface area is 134 Å². The number of carbonyl (C=O) groups excluding carboxylic acids is 1. The van der Waals surface area contributed by atoms with E-state index in [0.717, 1.165) is 12.8 Å². The van der Waals surface area contributed by atoms with Gasteiger partial charge in [0, 0.05) is 11.5 Å². The van der Waals surface area contributed by atoms with Crippen molar-refractivity contribution in [1.82, 2.24) is 5.32 Å². The van der Waals surface area contributed by atoms with E-state index in [0.29, 0.717) is 0 Å². The van der Waals surface area contributed by atoms with Crippen LogP contribution in [0.2, 0.25) is 0 Å². The molecule has 1 heterocycles. The minimum Gasteiger partial charge on any atom is -0.399 e. The summed E-state index contributed by atoms with van der Waals surface area (Å²) in [5.74, 6) is -2.87. The van der Waals surface area contributed by atoms with E-state index < -0.39 is 35.9 Å². The third kappa shape index (κ3) is 2.88. The van der Waals surface area contributed by atoms with Crippen molar-refractivity contribution in [3.05, 3.63) is 29.3 Å². The summed E-state index contributed by atoms with van der Waals surface area (Å²) in [6.45, 7) is 7.33. The van der Waals surface area contributed by atoms with E-state index in [4.69, 9.17) is 9.31 Å². The molecule has 0 radical (unpaired) electrons. The fraction of sp³-hybridized carbons (Fsp3) is 0.562. The second kappa shape index (κ2) is 5.28. The first-order valence-corrected chi connectivity index (χ1v) is 7.77. The summed E-state index contributed by atoms with van der Waals surface area (Å²) >= 11 is 0. The number of halogens is 2. The van der Waals surface area contributed by atoms with E-state index in [1.165, 1.54) is 12.1 Å². The van der Waals surface area contributed by atoms with E-state index in [1.54, 1.807) is 0 Å². The van der Waals surface area contributed by atoms with Crippen molar-refractivity contribution in [2.45, 2.75) is 57.8 Å². The van der Waals surface area contributed by atoms with Crippen molar-refractivity contribution in [2.24, 2.45) is 0 Å². The molecule has 7 heteroatoms. The van der Waals surface area contributed by atoms with Gasteiger partial charge in [0.1, 0.15) is 0 Å². The fourth-order valence-corrected chi connectivity index (χ4v) is 2.38. The van der Waals surface area contributed by atoms with Crippen LogP contribution >= 0.6 is 0 Å². The number of carbonyl (C=O) groups is 1. The summed E-state index contributed by atoms with van der Waals surface area (Å²) in [6, 6.07) is 2.70. The Morgan fingerprint density at radius 2 is 1.70 bits per heavy atom. The Morgan fingerprint density at radius 1 is 1.13 bits per heavy atom. The fourth-order valence-electron chi connectivity index (χ4n) is 2.38. The van der Waals surface area contributed by atoms with Gasteiger partial charge in [0.2, 0.25) is 0 Å². The zero-order valence-corrected chi connectivity index (χ0v) is 13.7. The maximum Gasteiger partial charge on any atom is 0.497 e. The molecule has 124 valence electrons. The van der Waals surface area contributed by atoms with Crippen molar-refractivity contribution < 1.29 is 22.9 Å². The summed E-state index contributed by atoms with van der Waals surface area (Å²) in [7, 11) is -1.00. The Balaban J connectivity index is 1.87. The third-order valence-corrected chi connectivity index (χ3v) is 4.78. The van der Waals surface area contributed by atoms with Crippen LogP contribution in [0.3, 0.4) is 0 Å². The molecule has 1 saturated carbocycles. The zero-order chi connectivity index (χ0) is 17.0. The molecule has 1 saturated heterocycles. The van der Waals surface area contributed by atoms with Crippen LogP contribution < -0.4 is 10.8 Å². The highest BCUT2D eigenvalue weighted by molar-refractivity contribution is 6.62. The summed E-state index contributed by atoms with van der Waals surface area (Å²) < 4.78 is 40.2. The molecule has 23 heavy (non-hydrogen) atoms. The first kappa shape index (κ1) is 16.4. The first-order valence-electron chi connectivity index (χ1n) is 7.77. The third-order valence-electron chi connectivity index (χ3n) is 4.78. The quantitative estimate of drug-likeness (QED) is 0.867. The first-order chi connectivity index (χ1) is 10.6. The van der Waals surface area contributed by atoms with Gasteiger partial charge in [0.05, 0.1) is 16.8 Å². The summed E-state index contributed by atoms with van der Waals surface area (Å²) in [4.78, 5) is 11.9. The lowest BCUT2D eigenvalue weighted by atomic mass is 9.78. The molecule has 4 nitrogen and oxygen atoms in total. The second-order valence-corrected chi connectivity index (χ2v) is 7.17. The van der Waals surface area contributed by atoms with Crippen LogP contribution in [0.4, 0.5) is 8.78 Å². The van der Waals surface area contributed by atoms with Gasteiger partial charge in [-0.2, -0.15) is 0 Å². The molecule has 0 bridgehead atoms. The highest BCUT2D eigenvalue weighted by atomic mass is 19.2. The molecule has 0 unspecified atom stereocenters. The normalized spacial score (nSPS) is 22.3. The minimum absolute atomic E-state index is 0.0379. The van der Waals surface area contributed by atoms with Gasteiger partial charge in [-0.25, -0.2) is 8.78 Å². The average molecular weight is 323 g/mol. The summed E-state index contributed by atoms with van der Waals surface area (Å²) in [5, 5.41) is 2.65. The van der Waals surface area contributed by atoms with Crippen LogP contribution in [0.5, 0.6) is 0 Å². The molecule has 1 aromatic rings. The maximum atomic E-state index is 14.4. The number of amides is 1. The SMILES string of the molecule is CC1(C)OB(c2ccc(C(=O)NC3CC3)c(F)c2F)OC1(C)C. The molecule has 1 amide bonds. The highest BCUT2D eigenvalue weighted by Gasteiger charge is 2.52. The van der Waals surface area contributed by atoms with Crippen molar-refractivity contribution in [2.75, 3.05) is 0 Å². The van der Waals surface area contributed by atoms with Gasteiger partial charge in [-0.3, -0.25) is 4.79 Å². The molecular weight excluding hydrogens is 303 g/mol. The van der Waals surface area contributed by atoms with Gasteiger partial charge in [0.15, 0.2) is 11.6 Å². The van der Waals surface area contributed by atoms with Crippen LogP contribution in [-0.4, -0.2) is 30.3 Å². The number of hydrogen-bond donors (Lipinski definition) is 1. The molecule has 3 rings (SSSR count). The Kier molecular flexibility index (Phi) is 3.76. The van der Waals surface area contributed by atoms with E-state index in [9.17, 15) is 13.6 Å². The summed E-state index contributed by atoms with van der Waals surface area (Å²) in [6.07, 6.45) is 1.75. The molecule has 0 aromatic heterocycles. The van der Waals surface area contributed by atoms with Crippen molar-refractivity contribution in [3.63, 3.8) is 0 Å². The maximum absolute atomic E-state index is 14.4. The highest BCUT2D eigenvalue weighted by Crippen LogP contribution is 2.36. The zero-order valence-electron chi connectivity index (χ0n) is 13.7. The number of rotatable bonds is 3. The van der Waals surface area contributed by atoms with E-state index >= 15 is 0 Å². The molecule has 1 aliphatic heterocycles. The lowest BCUT2D eigenvalue weighted by molar-refractivity contribution is 0.00578. The van der Waals surface area contributed by atoms with Crippen molar-refractivity contribution >= 4 is 18.5 Å².